The van der Waals surface area contributed by atoms with Crippen LogP contribution in [0.15, 0.2) is 120 Å². The van der Waals surface area contributed by atoms with E-state index in [1.165, 1.54) is 0 Å². The summed E-state index contributed by atoms with van der Waals surface area (Å²) in [5.41, 5.74) is 9.24. The molecule has 0 amide bonds. The second-order valence-electron chi connectivity index (χ2n) is 11.1. The Balaban J connectivity index is 1.35. The quantitative estimate of drug-likeness (QED) is 0.193. The molecule has 206 valence electrons. The van der Waals surface area contributed by atoms with Crippen molar-refractivity contribution in [3.63, 3.8) is 0 Å². The minimum absolute atomic E-state index is 0.574. The van der Waals surface area contributed by atoms with E-state index in [4.69, 9.17) is 11.0 Å². The van der Waals surface area contributed by atoms with E-state index < -0.39 is 0 Å². The minimum atomic E-state index is 0.574. The first kappa shape index (κ1) is 24.8. The van der Waals surface area contributed by atoms with Crippen molar-refractivity contribution in [3.8, 4) is 23.5 Å². The molecular weight excluding hydrogens is 554 g/mol. The summed E-state index contributed by atoms with van der Waals surface area (Å²) < 4.78 is 10.7. The summed E-state index contributed by atoms with van der Waals surface area (Å²) in [5, 5.41) is 25.2. The number of nitrogens with zero attached hydrogens (tertiary/aromatic N) is 5. The molecule has 45 heavy (non-hydrogen) atoms. The number of furan rings is 1. The highest BCUT2D eigenvalue weighted by molar-refractivity contribution is 6.27. The van der Waals surface area contributed by atoms with Gasteiger partial charge in [0.1, 0.15) is 11.2 Å². The molecule has 6 aromatic carbocycles. The standard InChI is InChI=1S/C39H19N5O/c1-42-25-11-15-36-31(19-25)39-37(45-36)16-14-35-38(39)28-7-2-3-8-32(28)44(35)27-6-4-5-26(20-27)43-33-12-9-23(21-40)17-29(33)30-18-24(22-41)10-13-34(30)43/h2-20H. The average molecular weight is 574 g/mol. The molecule has 0 atom stereocenters. The van der Waals surface area contributed by atoms with Gasteiger partial charge in [0.05, 0.1) is 51.9 Å². The van der Waals surface area contributed by atoms with Crippen LogP contribution in [0, 0.1) is 29.2 Å². The molecule has 0 aliphatic carbocycles. The molecule has 0 spiro atoms. The van der Waals surface area contributed by atoms with Gasteiger partial charge in [0.2, 0.25) is 0 Å². The Labute approximate surface area is 256 Å². The lowest BCUT2D eigenvalue weighted by Gasteiger charge is -2.13. The van der Waals surface area contributed by atoms with E-state index in [2.05, 4.69) is 80.7 Å². The Hall–Kier alpha value is -6.81. The van der Waals surface area contributed by atoms with Crippen LogP contribution in [0.25, 0.3) is 81.8 Å². The zero-order valence-corrected chi connectivity index (χ0v) is 23.6. The number of para-hydroxylation sites is 1. The van der Waals surface area contributed by atoms with Crippen molar-refractivity contribution in [2.75, 3.05) is 0 Å². The Bertz CT molecular complexity index is 2790. The third-order valence-electron chi connectivity index (χ3n) is 8.75. The van der Waals surface area contributed by atoms with Gasteiger partial charge in [-0.1, -0.05) is 30.3 Å². The van der Waals surface area contributed by atoms with Gasteiger partial charge < -0.3 is 13.6 Å². The Morgan fingerprint density at radius 3 is 1.84 bits per heavy atom. The van der Waals surface area contributed by atoms with Gasteiger partial charge in [-0.2, -0.15) is 10.5 Å². The Morgan fingerprint density at radius 2 is 1.16 bits per heavy atom. The number of rotatable bonds is 2. The van der Waals surface area contributed by atoms with Crippen LogP contribution in [0.1, 0.15) is 11.1 Å². The molecule has 0 radical (unpaired) electrons. The molecule has 0 bridgehead atoms. The molecule has 0 fully saturated rings. The molecule has 0 unspecified atom stereocenters. The molecule has 0 saturated carbocycles. The third kappa shape index (κ3) is 3.41. The maximum atomic E-state index is 9.61. The predicted molar refractivity (Wildman–Crippen MR) is 178 cm³/mol. The van der Waals surface area contributed by atoms with E-state index in [0.29, 0.717) is 16.8 Å². The summed E-state index contributed by atoms with van der Waals surface area (Å²) >= 11 is 0. The second-order valence-corrected chi connectivity index (χ2v) is 11.1. The highest BCUT2D eigenvalue weighted by atomic mass is 16.3. The number of fused-ring (bicyclic) bond motifs is 10. The fourth-order valence-electron chi connectivity index (χ4n) is 6.87. The average Bonchev–Trinajstić information content (AvgIpc) is 3.74. The summed E-state index contributed by atoms with van der Waals surface area (Å²) in [5.74, 6) is 0. The summed E-state index contributed by atoms with van der Waals surface area (Å²) in [6.07, 6.45) is 0. The van der Waals surface area contributed by atoms with Crippen LogP contribution < -0.4 is 0 Å². The summed E-state index contributed by atoms with van der Waals surface area (Å²) in [6, 6.07) is 42.4. The third-order valence-corrected chi connectivity index (χ3v) is 8.75. The smallest absolute Gasteiger partial charge is 0.188 e. The lowest BCUT2D eigenvalue weighted by molar-refractivity contribution is 0.669. The topological polar surface area (TPSA) is 74.9 Å². The van der Waals surface area contributed by atoms with E-state index >= 15 is 0 Å². The number of aromatic nitrogens is 2. The molecule has 6 heteroatoms. The zero-order valence-electron chi connectivity index (χ0n) is 23.6. The van der Waals surface area contributed by atoms with Crippen LogP contribution in [0.3, 0.4) is 0 Å². The maximum Gasteiger partial charge on any atom is 0.188 e. The van der Waals surface area contributed by atoms with Crippen LogP contribution in [0.5, 0.6) is 0 Å². The fourth-order valence-corrected chi connectivity index (χ4v) is 6.87. The van der Waals surface area contributed by atoms with E-state index in [1.54, 1.807) is 6.07 Å². The number of nitriles is 2. The predicted octanol–water partition coefficient (Wildman–Crippen LogP) is 10.1. The van der Waals surface area contributed by atoms with Gasteiger partial charge >= 0.3 is 0 Å². The monoisotopic (exact) mass is 573 g/mol. The SMILES string of the molecule is [C-]#[N+]c1ccc2oc3ccc4c(c5ccccc5n4-c4cccc(-n5c6ccc(C#N)cc6c6cc(C#N)ccc65)c4)c3c2c1. The second kappa shape index (κ2) is 9.09. The molecule has 9 aromatic rings. The largest absolute Gasteiger partial charge is 0.456 e. The van der Waals surface area contributed by atoms with Gasteiger partial charge in [-0.05, 0) is 84.9 Å². The van der Waals surface area contributed by atoms with Crippen LogP contribution in [0.2, 0.25) is 0 Å². The molecular formula is C39H19N5O. The number of hydrogen-bond acceptors (Lipinski definition) is 3. The lowest BCUT2D eigenvalue weighted by atomic mass is 10.1. The zero-order chi connectivity index (χ0) is 30.2. The van der Waals surface area contributed by atoms with Gasteiger partial charge in [0.15, 0.2) is 5.69 Å². The molecule has 0 N–H and O–H groups in total. The van der Waals surface area contributed by atoms with Crippen LogP contribution in [0.4, 0.5) is 5.69 Å². The van der Waals surface area contributed by atoms with Gasteiger partial charge in [0, 0.05) is 43.7 Å². The first-order chi connectivity index (χ1) is 22.2. The molecule has 6 nitrogen and oxygen atoms in total. The highest BCUT2D eigenvalue weighted by Crippen LogP contribution is 2.42. The number of benzene rings is 6. The maximum absolute atomic E-state index is 9.61. The van der Waals surface area contributed by atoms with Crippen molar-refractivity contribution in [3.05, 3.63) is 138 Å². The Kier molecular flexibility index (Phi) is 5.00. The van der Waals surface area contributed by atoms with Gasteiger partial charge in [-0.3, -0.25) is 0 Å². The van der Waals surface area contributed by atoms with Crippen molar-refractivity contribution in [2.45, 2.75) is 0 Å². The normalized spacial score (nSPS) is 11.5. The summed E-state index contributed by atoms with van der Waals surface area (Å²) in [4.78, 5) is 3.67. The molecule has 3 aromatic heterocycles. The molecule has 9 rings (SSSR count). The lowest BCUT2D eigenvalue weighted by Crippen LogP contribution is -1.98. The van der Waals surface area contributed by atoms with Crippen molar-refractivity contribution in [2.24, 2.45) is 0 Å². The van der Waals surface area contributed by atoms with Crippen molar-refractivity contribution in [1.82, 2.24) is 9.13 Å². The van der Waals surface area contributed by atoms with E-state index in [0.717, 1.165) is 76.9 Å². The van der Waals surface area contributed by atoms with Crippen molar-refractivity contribution >= 4 is 71.2 Å². The summed E-state index contributed by atoms with van der Waals surface area (Å²) in [6.45, 7) is 7.57. The van der Waals surface area contributed by atoms with Crippen molar-refractivity contribution in [1.29, 1.82) is 10.5 Å². The first-order valence-electron chi connectivity index (χ1n) is 14.4. The van der Waals surface area contributed by atoms with Crippen LogP contribution in [-0.2, 0) is 0 Å². The van der Waals surface area contributed by atoms with Gasteiger partial charge in [-0.15, -0.1) is 0 Å². The number of hydrogen-bond donors (Lipinski definition) is 0. The van der Waals surface area contributed by atoms with Crippen LogP contribution in [-0.4, -0.2) is 9.13 Å². The van der Waals surface area contributed by atoms with Gasteiger partial charge in [0.25, 0.3) is 0 Å². The van der Waals surface area contributed by atoms with Crippen molar-refractivity contribution < 1.29 is 4.42 Å². The van der Waals surface area contributed by atoms with Gasteiger partial charge in [-0.25, -0.2) is 4.85 Å². The minimum Gasteiger partial charge on any atom is -0.456 e. The van der Waals surface area contributed by atoms with E-state index in [9.17, 15) is 10.5 Å². The molecule has 0 aliphatic heterocycles. The fraction of sp³-hybridized carbons (Fsp3) is 0. The first-order valence-corrected chi connectivity index (χ1v) is 14.4. The Morgan fingerprint density at radius 1 is 0.533 bits per heavy atom. The molecule has 3 heterocycles. The van der Waals surface area contributed by atoms with E-state index in [1.807, 2.05) is 54.6 Å². The molecule has 0 aliphatic rings. The molecule has 0 saturated heterocycles. The highest BCUT2D eigenvalue weighted by Gasteiger charge is 2.20. The van der Waals surface area contributed by atoms with E-state index in [-0.39, 0.29) is 0 Å². The summed E-state index contributed by atoms with van der Waals surface area (Å²) in [7, 11) is 0. The van der Waals surface area contributed by atoms with Crippen LogP contribution >= 0.6 is 0 Å².